The van der Waals surface area contributed by atoms with E-state index in [-0.39, 0.29) is 17.3 Å². The lowest BCUT2D eigenvalue weighted by Crippen LogP contribution is -2.17. The number of hydrogen-bond acceptors (Lipinski definition) is 4. The van der Waals surface area contributed by atoms with Gasteiger partial charge in [-0.1, -0.05) is 18.2 Å². The Morgan fingerprint density at radius 3 is 2.60 bits per heavy atom. The molecule has 1 amide bonds. The molecule has 0 fully saturated rings. The lowest BCUT2D eigenvalue weighted by molar-refractivity contribution is -0.136. The Balaban J connectivity index is 1.83. The summed E-state index contributed by atoms with van der Waals surface area (Å²) in [6.45, 7) is 3.87. The fourth-order valence-electron chi connectivity index (χ4n) is 3.16. The van der Waals surface area contributed by atoms with Crippen molar-refractivity contribution >= 4 is 34.0 Å². The molecule has 5 nitrogen and oxygen atoms in total. The molecule has 1 N–H and O–H groups in total. The number of anilines is 1. The van der Waals surface area contributed by atoms with Gasteiger partial charge in [0.15, 0.2) is 5.65 Å². The van der Waals surface area contributed by atoms with Crippen LogP contribution in [0.2, 0.25) is 0 Å². The van der Waals surface area contributed by atoms with Crippen molar-refractivity contribution in [3.63, 3.8) is 0 Å². The molecule has 0 aliphatic rings. The number of nitrogens with zero attached hydrogens (tertiary/aromatic N) is 3. The molecule has 0 aliphatic carbocycles. The van der Waals surface area contributed by atoms with Crippen LogP contribution in [0.3, 0.4) is 0 Å². The van der Waals surface area contributed by atoms with Crippen molar-refractivity contribution in [2.24, 2.45) is 0 Å². The zero-order chi connectivity index (χ0) is 21.5. The van der Waals surface area contributed by atoms with Crippen LogP contribution in [-0.2, 0) is 6.18 Å². The van der Waals surface area contributed by atoms with E-state index in [0.717, 1.165) is 10.9 Å². The maximum Gasteiger partial charge on any atom is 0.418 e. The number of aromatic nitrogens is 3. The van der Waals surface area contributed by atoms with Crippen LogP contribution in [-0.4, -0.2) is 20.7 Å². The highest BCUT2D eigenvalue weighted by Gasteiger charge is 2.33. The molecule has 0 radical (unpaired) electrons. The Morgan fingerprint density at radius 1 is 1.17 bits per heavy atom. The number of carbonyl (C=O) groups excluding carboxylic acids is 1. The SMILES string of the molecule is CC(C)n1ncc2c(C(=O)Nc3ccccc3C(F)(F)F)cc(-c3cccs3)nc21. The fraction of sp³-hybridized carbons (Fsp3) is 0.190. The summed E-state index contributed by atoms with van der Waals surface area (Å²) in [4.78, 5) is 18.6. The molecule has 9 heteroatoms. The van der Waals surface area contributed by atoms with Crippen LogP contribution in [0.1, 0.15) is 35.8 Å². The van der Waals surface area contributed by atoms with Crippen molar-refractivity contribution in [3.05, 3.63) is 65.2 Å². The summed E-state index contributed by atoms with van der Waals surface area (Å²) in [6.07, 6.45) is -3.06. The number of pyridine rings is 1. The van der Waals surface area contributed by atoms with Gasteiger partial charge in [0.25, 0.3) is 5.91 Å². The number of amides is 1. The van der Waals surface area contributed by atoms with Crippen LogP contribution in [0.15, 0.2) is 54.0 Å². The maximum atomic E-state index is 13.3. The Morgan fingerprint density at radius 2 is 1.93 bits per heavy atom. The van der Waals surface area contributed by atoms with Crippen molar-refractivity contribution in [2.75, 3.05) is 5.32 Å². The number of thiophene rings is 1. The summed E-state index contributed by atoms with van der Waals surface area (Å²) < 4.78 is 41.7. The average Bonchev–Trinajstić information content (AvgIpc) is 3.36. The minimum Gasteiger partial charge on any atom is -0.321 e. The highest BCUT2D eigenvalue weighted by Crippen LogP contribution is 2.35. The number of nitrogens with one attached hydrogen (secondary N) is 1. The van der Waals surface area contributed by atoms with Crippen molar-refractivity contribution in [1.29, 1.82) is 0 Å². The molecule has 1 aromatic carbocycles. The third kappa shape index (κ3) is 3.68. The zero-order valence-corrected chi connectivity index (χ0v) is 16.9. The van der Waals surface area contributed by atoms with Crippen LogP contribution in [0.5, 0.6) is 0 Å². The second kappa shape index (κ2) is 7.56. The molecular formula is C21H17F3N4OS. The molecule has 4 aromatic rings. The van der Waals surface area contributed by atoms with Gasteiger partial charge in [-0.3, -0.25) is 4.79 Å². The smallest absolute Gasteiger partial charge is 0.321 e. The molecule has 154 valence electrons. The Hall–Kier alpha value is -3.20. The number of fused-ring (bicyclic) bond motifs is 1. The van der Waals surface area contributed by atoms with Crippen LogP contribution in [0.25, 0.3) is 21.6 Å². The van der Waals surface area contributed by atoms with E-state index < -0.39 is 17.6 Å². The maximum absolute atomic E-state index is 13.3. The molecule has 0 spiro atoms. The minimum atomic E-state index is -4.58. The number of hydrogen-bond donors (Lipinski definition) is 1. The molecule has 3 heterocycles. The van der Waals surface area contributed by atoms with Crippen molar-refractivity contribution in [1.82, 2.24) is 14.8 Å². The van der Waals surface area contributed by atoms with E-state index in [1.54, 1.807) is 10.7 Å². The van der Waals surface area contributed by atoms with E-state index in [0.29, 0.717) is 16.7 Å². The van der Waals surface area contributed by atoms with E-state index in [1.165, 1.54) is 35.7 Å². The molecule has 0 bridgehead atoms. The Kier molecular flexibility index (Phi) is 5.07. The van der Waals surface area contributed by atoms with Gasteiger partial charge in [0, 0.05) is 6.04 Å². The standard InChI is InChI=1S/C21H17F3N4OS/c1-12(2)28-19-14(11-25-28)13(10-17(26-19)18-8-5-9-30-18)20(29)27-16-7-4-3-6-15(16)21(22,23)24/h3-12H,1-2H3,(H,27,29). The molecule has 0 aliphatic heterocycles. The van der Waals surface area contributed by atoms with Gasteiger partial charge in [0.2, 0.25) is 0 Å². The largest absolute Gasteiger partial charge is 0.418 e. The van der Waals surface area contributed by atoms with Crippen molar-refractivity contribution in [3.8, 4) is 10.6 Å². The predicted molar refractivity (Wildman–Crippen MR) is 111 cm³/mol. The highest BCUT2D eigenvalue weighted by molar-refractivity contribution is 7.13. The first kappa shape index (κ1) is 20.1. The lowest BCUT2D eigenvalue weighted by atomic mass is 10.1. The van der Waals surface area contributed by atoms with Crippen LogP contribution < -0.4 is 5.32 Å². The van der Waals surface area contributed by atoms with Gasteiger partial charge >= 0.3 is 6.18 Å². The quantitative estimate of drug-likeness (QED) is 0.431. The summed E-state index contributed by atoms with van der Waals surface area (Å²) in [6, 6.07) is 10.2. The molecule has 0 saturated heterocycles. The number of para-hydroxylation sites is 1. The van der Waals surface area contributed by atoms with E-state index in [9.17, 15) is 18.0 Å². The van der Waals surface area contributed by atoms with Gasteiger partial charge in [-0.2, -0.15) is 18.3 Å². The molecule has 30 heavy (non-hydrogen) atoms. The van der Waals surface area contributed by atoms with E-state index in [2.05, 4.69) is 15.4 Å². The topological polar surface area (TPSA) is 59.8 Å². The van der Waals surface area contributed by atoms with Crippen LogP contribution in [0.4, 0.5) is 18.9 Å². The first-order valence-corrected chi connectivity index (χ1v) is 10.0. The Labute approximate surface area is 174 Å². The molecule has 3 aromatic heterocycles. The number of halogens is 3. The summed E-state index contributed by atoms with van der Waals surface area (Å²) in [5.41, 5.74) is 0.0838. The molecule has 4 rings (SSSR count). The second-order valence-corrected chi connectivity index (χ2v) is 7.90. The summed E-state index contributed by atoms with van der Waals surface area (Å²) >= 11 is 1.46. The van der Waals surface area contributed by atoms with E-state index >= 15 is 0 Å². The van der Waals surface area contributed by atoms with E-state index in [4.69, 9.17) is 0 Å². The number of alkyl halides is 3. The van der Waals surface area contributed by atoms with Gasteiger partial charge in [0.05, 0.1) is 39.0 Å². The fourth-order valence-corrected chi connectivity index (χ4v) is 3.85. The Bertz CT molecular complexity index is 1210. The zero-order valence-electron chi connectivity index (χ0n) is 16.1. The second-order valence-electron chi connectivity index (χ2n) is 6.95. The normalized spacial score (nSPS) is 11.9. The summed E-state index contributed by atoms with van der Waals surface area (Å²) in [7, 11) is 0. The third-order valence-electron chi connectivity index (χ3n) is 4.55. The minimum absolute atomic E-state index is 0.00421. The molecule has 0 saturated carbocycles. The lowest BCUT2D eigenvalue weighted by Gasteiger charge is -2.14. The monoisotopic (exact) mass is 430 g/mol. The molecule has 0 unspecified atom stereocenters. The van der Waals surface area contributed by atoms with Gasteiger partial charge in [-0.15, -0.1) is 11.3 Å². The van der Waals surface area contributed by atoms with Crippen molar-refractivity contribution < 1.29 is 18.0 Å². The number of carbonyl (C=O) groups is 1. The van der Waals surface area contributed by atoms with Crippen LogP contribution >= 0.6 is 11.3 Å². The number of benzene rings is 1. The van der Waals surface area contributed by atoms with Gasteiger partial charge in [-0.25, -0.2) is 9.67 Å². The van der Waals surface area contributed by atoms with Crippen LogP contribution in [0, 0.1) is 0 Å². The summed E-state index contributed by atoms with van der Waals surface area (Å²) in [5.74, 6) is -0.653. The highest BCUT2D eigenvalue weighted by atomic mass is 32.1. The first-order valence-electron chi connectivity index (χ1n) is 9.15. The predicted octanol–water partition coefficient (Wildman–Crippen LogP) is 6.01. The average molecular weight is 430 g/mol. The van der Waals surface area contributed by atoms with Gasteiger partial charge in [-0.05, 0) is 43.5 Å². The van der Waals surface area contributed by atoms with E-state index in [1.807, 2.05) is 31.4 Å². The van der Waals surface area contributed by atoms with Crippen molar-refractivity contribution in [2.45, 2.75) is 26.1 Å². The van der Waals surface area contributed by atoms with Gasteiger partial charge < -0.3 is 5.32 Å². The van der Waals surface area contributed by atoms with Gasteiger partial charge in [0.1, 0.15) is 0 Å². The third-order valence-corrected chi connectivity index (χ3v) is 5.45. The summed E-state index contributed by atoms with van der Waals surface area (Å²) in [5, 5.41) is 9.10. The molecule has 0 atom stereocenters. The molecular weight excluding hydrogens is 413 g/mol. The first-order chi connectivity index (χ1) is 14.3. The number of rotatable bonds is 4.